The lowest BCUT2D eigenvalue weighted by atomic mass is 10.1. The summed E-state index contributed by atoms with van der Waals surface area (Å²) in [5, 5.41) is 7.98. The Bertz CT molecular complexity index is 859. The van der Waals surface area contributed by atoms with Gasteiger partial charge in [0.1, 0.15) is 0 Å². The molecule has 1 aliphatic heterocycles. The Balaban J connectivity index is 1.63. The highest BCUT2D eigenvalue weighted by Crippen LogP contribution is 2.20. The van der Waals surface area contributed by atoms with Gasteiger partial charge in [-0.1, -0.05) is 6.07 Å². The lowest BCUT2D eigenvalue weighted by molar-refractivity contribution is -0.114. The Morgan fingerprint density at radius 2 is 1.62 bits per heavy atom. The van der Waals surface area contributed by atoms with E-state index in [-0.39, 0.29) is 18.0 Å². The summed E-state index contributed by atoms with van der Waals surface area (Å²) in [4.78, 5) is 35.2. The molecule has 0 spiro atoms. The van der Waals surface area contributed by atoms with Gasteiger partial charge in [0.2, 0.25) is 5.91 Å². The zero-order valence-electron chi connectivity index (χ0n) is 13.4. The summed E-state index contributed by atoms with van der Waals surface area (Å²) in [7, 11) is 0. The molecule has 0 unspecified atom stereocenters. The van der Waals surface area contributed by atoms with Crippen LogP contribution in [0.4, 0.5) is 11.4 Å². The molecule has 0 bridgehead atoms. The van der Waals surface area contributed by atoms with Crippen molar-refractivity contribution in [2.75, 3.05) is 17.2 Å². The van der Waals surface area contributed by atoms with Crippen LogP contribution in [0.1, 0.15) is 31.8 Å². The summed E-state index contributed by atoms with van der Waals surface area (Å²) < 4.78 is 0. The van der Waals surface area contributed by atoms with Crippen LogP contribution in [0.15, 0.2) is 36.4 Å². The summed E-state index contributed by atoms with van der Waals surface area (Å²) in [5.41, 5.74) is 4.29. The molecule has 0 radical (unpaired) electrons. The van der Waals surface area contributed by atoms with Gasteiger partial charge in [-0.2, -0.15) is 0 Å². The van der Waals surface area contributed by atoms with Crippen molar-refractivity contribution < 1.29 is 14.4 Å². The molecule has 1 aliphatic rings. The summed E-state index contributed by atoms with van der Waals surface area (Å²) in [5.74, 6) is -1.10. The van der Waals surface area contributed by atoms with Gasteiger partial charge in [-0.3, -0.25) is 19.7 Å². The second-order valence-electron chi connectivity index (χ2n) is 5.74. The monoisotopic (exact) mass is 323 g/mol. The molecule has 2 aromatic rings. The number of fused-ring (bicyclic) bond motifs is 1. The maximum Gasteiger partial charge on any atom is 0.259 e. The summed E-state index contributed by atoms with van der Waals surface area (Å²) >= 11 is 0. The van der Waals surface area contributed by atoms with Gasteiger partial charge in [0.25, 0.3) is 11.8 Å². The van der Waals surface area contributed by atoms with Gasteiger partial charge in [0.05, 0.1) is 17.7 Å². The van der Waals surface area contributed by atoms with Crippen LogP contribution in [0.2, 0.25) is 0 Å². The average Bonchev–Trinajstić information content (AvgIpc) is 2.83. The Labute approximate surface area is 139 Å². The average molecular weight is 323 g/mol. The van der Waals surface area contributed by atoms with E-state index in [1.165, 1.54) is 17.7 Å². The largest absolute Gasteiger partial charge is 0.376 e. The molecule has 0 aromatic heterocycles. The van der Waals surface area contributed by atoms with Crippen LogP contribution in [0.5, 0.6) is 0 Å². The maximum absolute atomic E-state index is 12.0. The fourth-order valence-corrected chi connectivity index (χ4v) is 2.48. The third-order valence-corrected chi connectivity index (χ3v) is 3.98. The fraction of sp³-hybridized carbons (Fsp3) is 0.167. The molecule has 122 valence electrons. The lowest BCUT2D eigenvalue weighted by Crippen LogP contribution is -2.22. The minimum absolute atomic E-state index is 0.102. The van der Waals surface area contributed by atoms with E-state index < -0.39 is 11.8 Å². The van der Waals surface area contributed by atoms with Crippen molar-refractivity contribution in [3.63, 3.8) is 0 Å². The molecular weight excluding hydrogens is 306 g/mol. The zero-order chi connectivity index (χ0) is 17.3. The maximum atomic E-state index is 12.0. The number of hydrogen-bond donors (Lipinski definition) is 3. The first-order valence-electron chi connectivity index (χ1n) is 7.55. The Morgan fingerprint density at radius 1 is 0.917 bits per heavy atom. The van der Waals surface area contributed by atoms with Crippen LogP contribution < -0.4 is 16.0 Å². The van der Waals surface area contributed by atoms with Gasteiger partial charge >= 0.3 is 0 Å². The van der Waals surface area contributed by atoms with Crippen molar-refractivity contribution in [1.29, 1.82) is 0 Å². The van der Waals surface area contributed by atoms with Crippen LogP contribution in [0.3, 0.4) is 0 Å². The minimum Gasteiger partial charge on any atom is -0.376 e. The summed E-state index contributed by atoms with van der Waals surface area (Å²) in [6, 6.07) is 10.5. The van der Waals surface area contributed by atoms with Gasteiger partial charge < -0.3 is 10.6 Å². The van der Waals surface area contributed by atoms with Crippen molar-refractivity contribution in [1.82, 2.24) is 5.32 Å². The number of rotatable bonds is 4. The van der Waals surface area contributed by atoms with E-state index in [0.717, 1.165) is 11.3 Å². The molecule has 24 heavy (non-hydrogen) atoms. The molecule has 0 aliphatic carbocycles. The molecular formula is C18H17N3O3. The first-order chi connectivity index (χ1) is 11.4. The molecule has 0 fully saturated rings. The minimum atomic E-state index is -0.445. The molecule has 3 rings (SSSR count). The molecule has 6 nitrogen and oxygen atoms in total. The number of imide groups is 1. The highest BCUT2D eigenvalue weighted by molar-refractivity contribution is 6.22. The second kappa shape index (κ2) is 6.16. The third-order valence-electron chi connectivity index (χ3n) is 3.98. The standard InChI is InChI=1S/C18H17N3O3/c1-10-3-4-12(7-11(10)2)19-9-16(22)20-13-5-6-14-15(8-13)18(24)21-17(14)23/h3-8,19H,9H2,1-2H3,(H,20,22)(H,21,23,24). The summed E-state index contributed by atoms with van der Waals surface area (Å²) in [6.45, 7) is 4.14. The predicted octanol–water partition coefficient (Wildman–Crippen LogP) is 2.24. The van der Waals surface area contributed by atoms with Gasteiger partial charge in [-0.05, 0) is 55.3 Å². The Morgan fingerprint density at radius 3 is 2.38 bits per heavy atom. The SMILES string of the molecule is Cc1ccc(NCC(=O)Nc2ccc3c(c2)C(=O)NC3=O)cc1C. The number of benzene rings is 2. The normalized spacial score (nSPS) is 12.6. The molecule has 3 N–H and O–H groups in total. The van der Waals surface area contributed by atoms with Crippen molar-refractivity contribution in [3.05, 3.63) is 58.7 Å². The molecule has 1 heterocycles. The topological polar surface area (TPSA) is 87.3 Å². The third kappa shape index (κ3) is 3.12. The van der Waals surface area contributed by atoms with E-state index in [9.17, 15) is 14.4 Å². The number of carbonyl (C=O) groups is 3. The second-order valence-corrected chi connectivity index (χ2v) is 5.74. The summed E-state index contributed by atoms with van der Waals surface area (Å²) in [6.07, 6.45) is 0. The highest BCUT2D eigenvalue weighted by atomic mass is 16.2. The number of carbonyl (C=O) groups excluding carboxylic acids is 3. The molecule has 0 saturated carbocycles. The smallest absolute Gasteiger partial charge is 0.259 e. The van der Waals surface area contributed by atoms with Crippen LogP contribution in [0, 0.1) is 13.8 Å². The van der Waals surface area contributed by atoms with E-state index >= 15 is 0 Å². The van der Waals surface area contributed by atoms with Crippen molar-refractivity contribution >= 4 is 29.1 Å². The van der Waals surface area contributed by atoms with Gasteiger partial charge in [0.15, 0.2) is 0 Å². The van der Waals surface area contributed by atoms with Crippen LogP contribution in [0.25, 0.3) is 0 Å². The Kier molecular flexibility index (Phi) is 4.04. The van der Waals surface area contributed by atoms with E-state index in [1.807, 2.05) is 32.0 Å². The molecule has 0 saturated heterocycles. The molecule has 2 aromatic carbocycles. The highest BCUT2D eigenvalue weighted by Gasteiger charge is 2.26. The van der Waals surface area contributed by atoms with E-state index in [2.05, 4.69) is 16.0 Å². The number of nitrogens with one attached hydrogen (secondary N) is 3. The quantitative estimate of drug-likeness (QED) is 0.753. The lowest BCUT2D eigenvalue weighted by Gasteiger charge is -2.10. The first-order valence-corrected chi connectivity index (χ1v) is 7.55. The number of aryl methyl sites for hydroxylation is 2. The molecule has 3 amide bonds. The number of amides is 3. The predicted molar refractivity (Wildman–Crippen MR) is 91.3 cm³/mol. The van der Waals surface area contributed by atoms with Gasteiger partial charge in [-0.25, -0.2) is 0 Å². The van der Waals surface area contributed by atoms with Crippen molar-refractivity contribution in [3.8, 4) is 0 Å². The first kappa shape index (κ1) is 15.7. The fourth-order valence-electron chi connectivity index (χ4n) is 2.48. The number of hydrogen-bond acceptors (Lipinski definition) is 4. The molecule has 6 heteroatoms. The zero-order valence-corrected chi connectivity index (χ0v) is 13.4. The Hall–Kier alpha value is -3.15. The van der Waals surface area contributed by atoms with Crippen molar-refractivity contribution in [2.24, 2.45) is 0 Å². The van der Waals surface area contributed by atoms with Crippen LogP contribution in [-0.2, 0) is 4.79 Å². The van der Waals surface area contributed by atoms with Crippen LogP contribution in [-0.4, -0.2) is 24.3 Å². The van der Waals surface area contributed by atoms with Crippen molar-refractivity contribution in [2.45, 2.75) is 13.8 Å². The van der Waals surface area contributed by atoms with E-state index in [4.69, 9.17) is 0 Å². The molecule has 0 atom stereocenters. The van der Waals surface area contributed by atoms with Crippen LogP contribution >= 0.6 is 0 Å². The number of anilines is 2. The van der Waals surface area contributed by atoms with E-state index in [1.54, 1.807) is 6.07 Å². The van der Waals surface area contributed by atoms with Gasteiger partial charge in [0, 0.05) is 11.4 Å². The van der Waals surface area contributed by atoms with E-state index in [0.29, 0.717) is 11.3 Å². The van der Waals surface area contributed by atoms with Gasteiger partial charge in [-0.15, -0.1) is 0 Å².